The summed E-state index contributed by atoms with van der Waals surface area (Å²) in [6.07, 6.45) is 6.99. The highest BCUT2D eigenvalue weighted by Crippen LogP contribution is 2.33. The van der Waals surface area contributed by atoms with Gasteiger partial charge < -0.3 is 10.2 Å². The maximum absolute atomic E-state index is 12.8. The van der Waals surface area contributed by atoms with Gasteiger partial charge in [0.2, 0.25) is 0 Å². The lowest BCUT2D eigenvalue weighted by Crippen LogP contribution is -2.35. The smallest absolute Gasteiger partial charge is 0.251 e. The third-order valence-corrected chi connectivity index (χ3v) is 7.60. The number of para-hydroxylation sites is 1. The van der Waals surface area contributed by atoms with Crippen LogP contribution < -0.4 is 10.2 Å². The molecule has 4 aromatic rings. The molecule has 3 heterocycles. The van der Waals surface area contributed by atoms with Crippen LogP contribution in [-0.4, -0.2) is 35.5 Å². The molecule has 0 bridgehead atoms. The number of aromatic nitrogens is 2. The molecular weight excluding hydrogens is 452 g/mol. The van der Waals surface area contributed by atoms with Crippen LogP contribution >= 0.6 is 22.9 Å². The predicted octanol–water partition coefficient (Wildman–Crippen LogP) is 6.05. The molecule has 5 rings (SSSR count). The Hall–Kier alpha value is -2.96. The lowest BCUT2D eigenvalue weighted by molar-refractivity contribution is 0.0950. The van der Waals surface area contributed by atoms with Gasteiger partial charge in [-0.25, -0.2) is 4.98 Å². The van der Waals surface area contributed by atoms with Gasteiger partial charge in [0, 0.05) is 48.8 Å². The number of nitrogens with one attached hydrogen (secondary N) is 1. The van der Waals surface area contributed by atoms with Crippen LogP contribution in [0.15, 0.2) is 67.0 Å². The van der Waals surface area contributed by atoms with E-state index in [1.165, 1.54) is 5.69 Å². The van der Waals surface area contributed by atoms with Crippen molar-refractivity contribution in [3.8, 4) is 10.6 Å². The van der Waals surface area contributed by atoms with Crippen molar-refractivity contribution < 1.29 is 4.79 Å². The van der Waals surface area contributed by atoms with E-state index >= 15 is 0 Å². The van der Waals surface area contributed by atoms with Crippen LogP contribution in [0.1, 0.15) is 29.6 Å². The highest BCUT2D eigenvalue weighted by atomic mass is 35.5. The first-order valence-corrected chi connectivity index (χ1v) is 12.5. The van der Waals surface area contributed by atoms with Crippen LogP contribution in [0.4, 0.5) is 5.69 Å². The number of pyridine rings is 1. The third kappa shape index (κ3) is 5.02. The van der Waals surface area contributed by atoms with Crippen molar-refractivity contribution in [3.63, 3.8) is 0 Å². The number of amides is 1. The van der Waals surface area contributed by atoms with Gasteiger partial charge in [-0.05, 0) is 61.6 Å². The first-order chi connectivity index (χ1) is 16.2. The van der Waals surface area contributed by atoms with Gasteiger partial charge in [-0.1, -0.05) is 29.8 Å². The zero-order valence-corrected chi connectivity index (χ0v) is 19.8. The number of benzene rings is 2. The summed E-state index contributed by atoms with van der Waals surface area (Å²) < 4.78 is 1.04. The predicted molar refractivity (Wildman–Crippen MR) is 136 cm³/mol. The molecule has 0 atom stereocenters. The second-order valence-corrected chi connectivity index (χ2v) is 9.80. The maximum atomic E-state index is 12.8. The molecule has 0 spiro atoms. The number of nitrogens with zero attached hydrogens (tertiary/aromatic N) is 3. The van der Waals surface area contributed by atoms with E-state index in [-0.39, 0.29) is 5.91 Å². The Morgan fingerprint density at radius 2 is 1.88 bits per heavy atom. The third-order valence-electron chi connectivity index (χ3n) is 6.22. The fourth-order valence-electron chi connectivity index (χ4n) is 4.36. The molecule has 1 aliphatic heterocycles. The minimum atomic E-state index is -0.0368. The first kappa shape index (κ1) is 21.9. The van der Waals surface area contributed by atoms with Gasteiger partial charge in [0.25, 0.3) is 5.91 Å². The fourth-order valence-corrected chi connectivity index (χ4v) is 5.62. The van der Waals surface area contributed by atoms with Gasteiger partial charge >= 0.3 is 0 Å². The number of anilines is 1. The highest BCUT2D eigenvalue weighted by molar-refractivity contribution is 7.21. The summed E-state index contributed by atoms with van der Waals surface area (Å²) in [7, 11) is 0. The molecular formula is C26H25ClN4OS. The lowest BCUT2D eigenvalue weighted by atomic mass is 9.93. The molecule has 1 N–H and O–H groups in total. The zero-order chi connectivity index (χ0) is 22.6. The van der Waals surface area contributed by atoms with Gasteiger partial charge in [0.15, 0.2) is 0 Å². The molecule has 1 saturated heterocycles. The summed E-state index contributed by atoms with van der Waals surface area (Å²) in [5.41, 5.74) is 3.64. The van der Waals surface area contributed by atoms with Crippen LogP contribution in [0.5, 0.6) is 0 Å². The van der Waals surface area contributed by atoms with Crippen LogP contribution in [0.2, 0.25) is 5.02 Å². The lowest BCUT2D eigenvalue weighted by Gasteiger charge is -2.33. The van der Waals surface area contributed by atoms with Crippen molar-refractivity contribution in [1.82, 2.24) is 15.3 Å². The second kappa shape index (κ2) is 9.89. The second-order valence-electron chi connectivity index (χ2n) is 8.37. The normalized spacial score (nSPS) is 14.5. The number of hydrogen-bond donors (Lipinski definition) is 1. The molecule has 2 aromatic heterocycles. The Balaban J connectivity index is 1.15. The van der Waals surface area contributed by atoms with Gasteiger partial charge in [-0.15, -0.1) is 11.3 Å². The number of fused-ring (bicyclic) bond motifs is 1. The molecule has 0 aliphatic carbocycles. The molecule has 1 fully saturated rings. The molecule has 0 unspecified atom stereocenters. The summed E-state index contributed by atoms with van der Waals surface area (Å²) in [5, 5.41) is 4.62. The molecule has 33 heavy (non-hydrogen) atoms. The Kier molecular flexibility index (Phi) is 6.55. The van der Waals surface area contributed by atoms with Crippen LogP contribution in [-0.2, 0) is 0 Å². The molecule has 0 saturated carbocycles. The molecule has 168 valence electrons. The van der Waals surface area contributed by atoms with E-state index in [0.717, 1.165) is 53.1 Å². The molecule has 1 amide bonds. The Morgan fingerprint density at radius 3 is 2.67 bits per heavy atom. The first-order valence-electron chi connectivity index (χ1n) is 11.3. The molecule has 7 heteroatoms. The standard InChI is InChI=1S/C26H25ClN4OS/c27-22-5-2-6-23-24(22)30-26(33-23)20-4-1-3-19(17-20)25(32)29-14-7-18-10-15-31(16-11-18)21-8-12-28-13-9-21/h1-6,8-9,12-13,17-18H,7,10-11,14-16H2,(H,29,32). The van der Waals surface area contributed by atoms with Gasteiger partial charge in [-0.3, -0.25) is 9.78 Å². The molecule has 1 aliphatic rings. The summed E-state index contributed by atoms with van der Waals surface area (Å²) in [6.45, 7) is 2.80. The number of carbonyl (C=O) groups excluding carboxylic acids is 1. The SMILES string of the molecule is O=C(NCCC1CCN(c2ccncc2)CC1)c1cccc(-c2nc3c(Cl)cccc3s2)c1. The number of piperidine rings is 1. The fraction of sp³-hybridized carbons (Fsp3) is 0.269. The Bertz CT molecular complexity index is 1250. The highest BCUT2D eigenvalue weighted by Gasteiger charge is 2.19. The number of carbonyl (C=O) groups is 1. The van der Waals surface area contributed by atoms with Crippen molar-refractivity contribution in [2.24, 2.45) is 5.92 Å². The van der Waals surface area contributed by atoms with E-state index in [0.29, 0.717) is 23.0 Å². The Morgan fingerprint density at radius 1 is 1.09 bits per heavy atom. The van der Waals surface area contributed by atoms with Gasteiger partial charge in [0.1, 0.15) is 10.5 Å². The van der Waals surface area contributed by atoms with E-state index in [9.17, 15) is 4.79 Å². The minimum Gasteiger partial charge on any atom is -0.371 e. The number of halogens is 1. The van der Waals surface area contributed by atoms with E-state index < -0.39 is 0 Å². The van der Waals surface area contributed by atoms with Gasteiger partial charge in [0.05, 0.1) is 9.72 Å². The monoisotopic (exact) mass is 476 g/mol. The number of rotatable bonds is 6. The maximum Gasteiger partial charge on any atom is 0.251 e. The van der Waals surface area contributed by atoms with Crippen molar-refractivity contribution in [2.45, 2.75) is 19.3 Å². The zero-order valence-electron chi connectivity index (χ0n) is 18.2. The summed E-state index contributed by atoms with van der Waals surface area (Å²) in [6, 6.07) is 17.6. The quantitative estimate of drug-likeness (QED) is 0.368. The average Bonchev–Trinajstić information content (AvgIpc) is 3.31. The number of hydrogen-bond acceptors (Lipinski definition) is 5. The number of thiazole rings is 1. The van der Waals surface area contributed by atoms with Crippen molar-refractivity contribution in [3.05, 3.63) is 77.6 Å². The average molecular weight is 477 g/mol. The van der Waals surface area contributed by atoms with Crippen molar-refractivity contribution >= 4 is 44.7 Å². The van der Waals surface area contributed by atoms with E-state index in [1.54, 1.807) is 11.3 Å². The largest absolute Gasteiger partial charge is 0.371 e. The van der Waals surface area contributed by atoms with Crippen LogP contribution in [0, 0.1) is 5.92 Å². The molecule has 5 nitrogen and oxygen atoms in total. The van der Waals surface area contributed by atoms with E-state index in [1.807, 2.05) is 54.9 Å². The van der Waals surface area contributed by atoms with Gasteiger partial charge in [-0.2, -0.15) is 0 Å². The summed E-state index contributed by atoms with van der Waals surface area (Å²) in [5.74, 6) is 0.604. The Labute approximate surface area is 202 Å². The van der Waals surface area contributed by atoms with E-state index in [2.05, 4.69) is 32.3 Å². The van der Waals surface area contributed by atoms with Crippen LogP contribution in [0.25, 0.3) is 20.8 Å². The topological polar surface area (TPSA) is 58.1 Å². The van der Waals surface area contributed by atoms with Crippen molar-refractivity contribution in [2.75, 3.05) is 24.5 Å². The molecule has 0 radical (unpaired) electrons. The summed E-state index contributed by atoms with van der Waals surface area (Å²) in [4.78, 5) is 24.0. The molecule has 2 aromatic carbocycles. The van der Waals surface area contributed by atoms with Crippen molar-refractivity contribution in [1.29, 1.82) is 0 Å². The minimum absolute atomic E-state index is 0.0368. The van der Waals surface area contributed by atoms with Crippen LogP contribution in [0.3, 0.4) is 0 Å². The summed E-state index contributed by atoms with van der Waals surface area (Å²) >= 11 is 7.86. The van der Waals surface area contributed by atoms with E-state index in [4.69, 9.17) is 11.6 Å².